The predicted molar refractivity (Wildman–Crippen MR) is 54.4 cm³/mol. The van der Waals surface area contributed by atoms with E-state index in [0.29, 0.717) is 12.5 Å². The Morgan fingerprint density at radius 1 is 1.57 bits per heavy atom. The second-order valence-corrected chi connectivity index (χ2v) is 3.51. The monoisotopic (exact) mass is 195 g/mol. The second kappa shape index (κ2) is 7.14. The van der Waals surface area contributed by atoms with Crippen molar-refractivity contribution < 1.29 is 9.53 Å². The van der Waals surface area contributed by atoms with E-state index < -0.39 is 0 Å². The first-order chi connectivity index (χ1) is 6.60. The highest BCUT2D eigenvalue weighted by Gasteiger charge is 2.08. The summed E-state index contributed by atoms with van der Waals surface area (Å²) in [6, 6.07) is 1.95. The molecule has 0 aliphatic rings. The van der Waals surface area contributed by atoms with Crippen molar-refractivity contribution in [1.82, 2.24) is 0 Å². The first kappa shape index (κ1) is 12.7. The Balaban J connectivity index is 4.18. The van der Waals surface area contributed by atoms with Gasteiger partial charge in [0.05, 0.1) is 19.1 Å². The SMILES string of the molecule is CCOC(=O)C/C(=C\C#N)CC(C)C. The first-order valence-corrected chi connectivity index (χ1v) is 4.83. The lowest BCUT2D eigenvalue weighted by molar-refractivity contribution is -0.142. The third kappa shape index (κ3) is 6.24. The highest BCUT2D eigenvalue weighted by Crippen LogP contribution is 2.14. The molecule has 0 atom stereocenters. The molecule has 0 spiro atoms. The van der Waals surface area contributed by atoms with Crippen molar-refractivity contribution in [2.75, 3.05) is 6.61 Å². The largest absolute Gasteiger partial charge is 0.466 e. The summed E-state index contributed by atoms with van der Waals surface area (Å²) in [4.78, 5) is 11.1. The van der Waals surface area contributed by atoms with Gasteiger partial charge in [-0.25, -0.2) is 0 Å². The number of hydrogen-bond acceptors (Lipinski definition) is 3. The minimum Gasteiger partial charge on any atom is -0.466 e. The fraction of sp³-hybridized carbons (Fsp3) is 0.636. The van der Waals surface area contributed by atoms with Gasteiger partial charge in [-0.1, -0.05) is 13.8 Å². The molecule has 3 heteroatoms. The molecule has 0 aliphatic heterocycles. The lowest BCUT2D eigenvalue weighted by Crippen LogP contribution is -2.06. The minimum absolute atomic E-state index is 0.236. The molecule has 0 fully saturated rings. The van der Waals surface area contributed by atoms with E-state index in [1.807, 2.05) is 6.07 Å². The number of rotatable bonds is 5. The third-order valence-corrected chi connectivity index (χ3v) is 1.62. The van der Waals surface area contributed by atoms with E-state index in [2.05, 4.69) is 13.8 Å². The summed E-state index contributed by atoms with van der Waals surface area (Å²) in [5.74, 6) is 0.193. The Labute approximate surface area is 85.4 Å². The van der Waals surface area contributed by atoms with Gasteiger partial charge < -0.3 is 4.74 Å². The van der Waals surface area contributed by atoms with Crippen molar-refractivity contribution in [2.24, 2.45) is 5.92 Å². The van der Waals surface area contributed by atoms with Crippen LogP contribution in [0.2, 0.25) is 0 Å². The van der Waals surface area contributed by atoms with Gasteiger partial charge >= 0.3 is 5.97 Å². The average Bonchev–Trinajstić information content (AvgIpc) is 2.03. The van der Waals surface area contributed by atoms with Gasteiger partial charge in [-0.3, -0.25) is 4.79 Å². The lowest BCUT2D eigenvalue weighted by Gasteiger charge is -2.08. The zero-order chi connectivity index (χ0) is 11.0. The van der Waals surface area contributed by atoms with E-state index in [9.17, 15) is 4.79 Å². The van der Waals surface area contributed by atoms with Crippen molar-refractivity contribution in [1.29, 1.82) is 5.26 Å². The van der Waals surface area contributed by atoms with Gasteiger partial charge in [-0.05, 0) is 24.8 Å². The molecule has 14 heavy (non-hydrogen) atoms. The molecule has 3 nitrogen and oxygen atoms in total. The van der Waals surface area contributed by atoms with E-state index in [4.69, 9.17) is 10.00 Å². The lowest BCUT2D eigenvalue weighted by atomic mass is 10.0. The summed E-state index contributed by atoms with van der Waals surface area (Å²) in [6.45, 7) is 6.26. The second-order valence-electron chi connectivity index (χ2n) is 3.51. The zero-order valence-electron chi connectivity index (χ0n) is 9.04. The molecular formula is C11H17NO2. The summed E-state index contributed by atoms with van der Waals surface area (Å²) in [5, 5.41) is 8.51. The van der Waals surface area contributed by atoms with Crippen LogP contribution in [0.1, 0.15) is 33.6 Å². The maximum absolute atomic E-state index is 11.1. The van der Waals surface area contributed by atoms with E-state index in [-0.39, 0.29) is 12.4 Å². The van der Waals surface area contributed by atoms with Crippen molar-refractivity contribution in [3.05, 3.63) is 11.6 Å². The van der Waals surface area contributed by atoms with Gasteiger partial charge in [-0.15, -0.1) is 0 Å². The Bertz CT molecular complexity index is 249. The van der Waals surface area contributed by atoms with Crippen LogP contribution >= 0.6 is 0 Å². The van der Waals surface area contributed by atoms with Gasteiger partial charge in [0.2, 0.25) is 0 Å². The molecule has 0 rings (SSSR count). The molecule has 0 amide bonds. The molecule has 0 saturated carbocycles. The maximum atomic E-state index is 11.1. The molecule has 0 aliphatic carbocycles. The van der Waals surface area contributed by atoms with Gasteiger partial charge in [0.15, 0.2) is 0 Å². The van der Waals surface area contributed by atoms with E-state index in [1.54, 1.807) is 6.92 Å². The van der Waals surface area contributed by atoms with Crippen LogP contribution < -0.4 is 0 Å². The van der Waals surface area contributed by atoms with Crippen molar-refractivity contribution in [3.63, 3.8) is 0 Å². The van der Waals surface area contributed by atoms with Crippen LogP contribution in [0.5, 0.6) is 0 Å². The normalized spacial score (nSPS) is 11.2. The van der Waals surface area contributed by atoms with Crippen LogP contribution in [0.4, 0.5) is 0 Å². The predicted octanol–water partition coefficient (Wildman–Crippen LogP) is 2.44. The highest BCUT2D eigenvalue weighted by molar-refractivity contribution is 5.72. The molecule has 0 aromatic rings. The molecule has 0 radical (unpaired) electrons. The van der Waals surface area contributed by atoms with E-state index in [1.165, 1.54) is 6.08 Å². The van der Waals surface area contributed by atoms with Gasteiger partial charge in [0, 0.05) is 6.08 Å². The molecule has 0 unspecified atom stereocenters. The number of nitriles is 1. The Hall–Kier alpha value is -1.30. The fourth-order valence-electron chi connectivity index (χ4n) is 1.20. The number of ether oxygens (including phenoxy) is 1. The number of carbonyl (C=O) groups is 1. The summed E-state index contributed by atoms with van der Waals surface area (Å²) < 4.78 is 4.81. The Morgan fingerprint density at radius 2 is 2.21 bits per heavy atom. The molecule has 0 bridgehead atoms. The summed E-state index contributed by atoms with van der Waals surface area (Å²) in [6.07, 6.45) is 2.45. The third-order valence-electron chi connectivity index (χ3n) is 1.62. The van der Waals surface area contributed by atoms with Gasteiger partial charge in [0.1, 0.15) is 0 Å². The fourth-order valence-corrected chi connectivity index (χ4v) is 1.20. The molecule has 0 aromatic carbocycles. The van der Waals surface area contributed by atoms with Gasteiger partial charge in [0.25, 0.3) is 0 Å². The van der Waals surface area contributed by atoms with Crippen LogP contribution in [0.15, 0.2) is 11.6 Å². The van der Waals surface area contributed by atoms with Crippen LogP contribution in [-0.4, -0.2) is 12.6 Å². The van der Waals surface area contributed by atoms with Crippen LogP contribution in [-0.2, 0) is 9.53 Å². The highest BCUT2D eigenvalue weighted by atomic mass is 16.5. The first-order valence-electron chi connectivity index (χ1n) is 4.83. The topological polar surface area (TPSA) is 50.1 Å². The Morgan fingerprint density at radius 3 is 2.64 bits per heavy atom. The number of allylic oxidation sites excluding steroid dienone is 1. The number of nitrogens with zero attached hydrogens (tertiary/aromatic N) is 1. The molecule has 0 saturated heterocycles. The maximum Gasteiger partial charge on any atom is 0.309 e. The van der Waals surface area contributed by atoms with E-state index in [0.717, 1.165) is 12.0 Å². The van der Waals surface area contributed by atoms with Crippen molar-refractivity contribution >= 4 is 5.97 Å². The summed E-state index contributed by atoms with van der Waals surface area (Å²) >= 11 is 0. The van der Waals surface area contributed by atoms with Crippen LogP contribution in [0.3, 0.4) is 0 Å². The van der Waals surface area contributed by atoms with Crippen LogP contribution in [0, 0.1) is 17.2 Å². The standard InChI is InChI=1S/C11H17NO2/c1-4-14-11(13)8-10(5-6-12)7-9(2)3/h5,9H,4,7-8H2,1-3H3/b10-5-. The average molecular weight is 195 g/mol. The molecule has 0 aromatic heterocycles. The van der Waals surface area contributed by atoms with E-state index >= 15 is 0 Å². The Kier molecular flexibility index (Phi) is 6.47. The minimum atomic E-state index is -0.255. The summed E-state index contributed by atoms with van der Waals surface area (Å²) in [7, 11) is 0. The molecule has 78 valence electrons. The number of hydrogen-bond donors (Lipinski definition) is 0. The van der Waals surface area contributed by atoms with Crippen LogP contribution in [0.25, 0.3) is 0 Å². The smallest absolute Gasteiger partial charge is 0.309 e. The molecule has 0 heterocycles. The molecular weight excluding hydrogens is 178 g/mol. The van der Waals surface area contributed by atoms with Crippen molar-refractivity contribution in [2.45, 2.75) is 33.6 Å². The number of carbonyl (C=O) groups excluding carboxylic acids is 1. The van der Waals surface area contributed by atoms with Crippen molar-refractivity contribution in [3.8, 4) is 6.07 Å². The quantitative estimate of drug-likeness (QED) is 0.500. The van der Waals surface area contributed by atoms with Gasteiger partial charge in [-0.2, -0.15) is 5.26 Å². The summed E-state index contributed by atoms with van der Waals surface area (Å²) in [5.41, 5.74) is 0.848. The number of esters is 1. The molecule has 0 N–H and O–H groups in total. The zero-order valence-corrected chi connectivity index (χ0v) is 9.04.